The minimum Gasteiger partial charge on any atom is -0.378 e. The summed E-state index contributed by atoms with van der Waals surface area (Å²) in [6, 6.07) is 5.51. The largest absolute Gasteiger partial charge is 0.378 e. The van der Waals surface area contributed by atoms with Crippen LogP contribution in [0.1, 0.15) is 19.0 Å². The summed E-state index contributed by atoms with van der Waals surface area (Å²) in [6.45, 7) is 2.52. The second-order valence-electron chi connectivity index (χ2n) is 6.98. The number of aryl methyl sites for hydroxylation is 1. The lowest BCUT2D eigenvalue weighted by atomic mass is 9.97. The Balaban J connectivity index is 1.87. The Bertz CT molecular complexity index is 1060. The number of hydrogen-bond acceptors (Lipinski definition) is 5. The third kappa shape index (κ3) is 3.26. The molecule has 3 aromatic rings. The van der Waals surface area contributed by atoms with Crippen LogP contribution in [0.5, 0.6) is 0 Å². The molecule has 1 fully saturated rings. The first-order valence-corrected chi connectivity index (χ1v) is 9.34. The lowest BCUT2D eigenvalue weighted by Crippen LogP contribution is -2.30. The van der Waals surface area contributed by atoms with Gasteiger partial charge in [0.25, 0.3) is 0 Å². The summed E-state index contributed by atoms with van der Waals surface area (Å²) in [5.41, 5.74) is 2.73. The summed E-state index contributed by atoms with van der Waals surface area (Å²) >= 11 is 6.44. The Labute approximate surface area is 167 Å². The molecule has 0 aliphatic carbocycles. The summed E-state index contributed by atoms with van der Waals surface area (Å²) in [5.74, 6) is 0.322. The summed E-state index contributed by atoms with van der Waals surface area (Å²) in [5, 5.41) is 4.23. The molecule has 8 heteroatoms. The van der Waals surface area contributed by atoms with Crippen LogP contribution in [0, 0.1) is 0 Å². The number of aromatic nitrogens is 3. The molecule has 1 N–H and O–H groups in total. The van der Waals surface area contributed by atoms with Crippen LogP contribution in [0.2, 0.25) is 5.02 Å². The van der Waals surface area contributed by atoms with Gasteiger partial charge in [0.05, 0.1) is 29.7 Å². The molecule has 0 aromatic carbocycles. The van der Waals surface area contributed by atoms with Crippen LogP contribution in [0.25, 0.3) is 22.2 Å². The van der Waals surface area contributed by atoms with Gasteiger partial charge < -0.3 is 19.4 Å². The number of ether oxygens (including phenoxy) is 2. The van der Waals surface area contributed by atoms with E-state index in [1.165, 1.54) is 6.92 Å². The molecule has 0 radical (unpaired) electrons. The van der Waals surface area contributed by atoms with Gasteiger partial charge in [0, 0.05) is 56.3 Å². The Morgan fingerprint density at radius 3 is 2.89 bits per heavy atom. The molecule has 1 aliphatic rings. The van der Waals surface area contributed by atoms with Gasteiger partial charge in [0.1, 0.15) is 11.4 Å². The Kier molecular flexibility index (Phi) is 4.82. The number of hydrogen-bond donors (Lipinski definition) is 1. The molecule has 3 aromatic heterocycles. The number of anilines is 1. The van der Waals surface area contributed by atoms with Crippen LogP contribution in [0.4, 0.5) is 5.82 Å². The van der Waals surface area contributed by atoms with E-state index in [2.05, 4.69) is 10.3 Å². The second kappa shape index (κ2) is 7.16. The first-order valence-electron chi connectivity index (χ1n) is 8.96. The van der Waals surface area contributed by atoms with E-state index in [0.29, 0.717) is 24.1 Å². The van der Waals surface area contributed by atoms with E-state index in [0.717, 1.165) is 34.3 Å². The van der Waals surface area contributed by atoms with Crippen molar-refractivity contribution in [2.75, 3.05) is 25.6 Å². The van der Waals surface area contributed by atoms with E-state index >= 15 is 0 Å². The number of methoxy groups -OCH3 is 1. The lowest BCUT2D eigenvalue weighted by Gasteiger charge is -2.25. The number of halogens is 1. The normalized spacial score (nSPS) is 19.3. The van der Waals surface area contributed by atoms with E-state index in [4.69, 9.17) is 26.1 Å². The zero-order valence-electron chi connectivity index (χ0n) is 16.0. The maximum Gasteiger partial charge on any atom is 0.222 e. The van der Waals surface area contributed by atoms with Crippen molar-refractivity contribution in [2.45, 2.75) is 18.9 Å². The van der Waals surface area contributed by atoms with Crippen LogP contribution in [-0.4, -0.2) is 40.8 Å². The quantitative estimate of drug-likeness (QED) is 0.725. The summed E-state index contributed by atoms with van der Waals surface area (Å²) in [7, 11) is 3.61. The fourth-order valence-corrected chi connectivity index (χ4v) is 3.82. The fourth-order valence-electron chi connectivity index (χ4n) is 3.61. The standard InChI is InChI=1S/C20H21ClN4O3/c1-12(26)23-19-8-14-15(10-25(2)17(14)9-22-19)16-6-13(21)7-18(24-16)20(27-3)4-5-28-11-20/h6-10H,4-5,11H2,1-3H3,(H,22,23,26). The molecule has 1 atom stereocenters. The molecule has 146 valence electrons. The number of nitrogens with zero attached hydrogens (tertiary/aromatic N) is 3. The van der Waals surface area contributed by atoms with E-state index in [1.807, 2.05) is 36.0 Å². The van der Waals surface area contributed by atoms with E-state index in [-0.39, 0.29) is 5.91 Å². The van der Waals surface area contributed by atoms with E-state index < -0.39 is 5.60 Å². The molecule has 0 saturated carbocycles. The molecule has 1 aliphatic heterocycles. The first kappa shape index (κ1) is 18.9. The number of carbonyl (C=O) groups is 1. The topological polar surface area (TPSA) is 78.3 Å². The van der Waals surface area contributed by atoms with Gasteiger partial charge in [-0.1, -0.05) is 11.6 Å². The number of amides is 1. The molecule has 4 heterocycles. The van der Waals surface area contributed by atoms with E-state index in [9.17, 15) is 4.79 Å². The Morgan fingerprint density at radius 1 is 1.39 bits per heavy atom. The SMILES string of the molecule is COC1(c2cc(Cl)cc(-c3cn(C)c4cnc(NC(C)=O)cc34)n2)CCOC1. The molecule has 0 bridgehead atoms. The third-order valence-corrected chi connectivity index (χ3v) is 5.31. The highest BCUT2D eigenvalue weighted by molar-refractivity contribution is 6.31. The number of pyridine rings is 2. The molecule has 1 amide bonds. The summed E-state index contributed by atoms with van der Waals surface area (Å²) in [4.78, 5) is 20.6. The third-order valence-electron chi connectivity index (χ3n) is 5.09. The predicted molar refractivity (Wildman–Crippen MR) is 107 cm³/mol. The molecular weight excluding hydrogens is 380 g/mol. The lowest BCUT2D eigenvalue weighted by molar-refractivity contribution is -0.114. The summed E-state index contributed by atoms with van der Waals surface area (Å²) in [6.07, 6.45) is 4.44. The predicted octanol–water partition coefficient (Wildman–Crippen LogP) is 3.51. The van der Waals surface area contributed by atoms with Crippen molar-refractivity contribution in [2.24, 2.45) is 7.05 Å². The molecule has 7 nitrogen and oxygen atoms in total. The zero-order valence-corrected chi connectivity index (χ0v) is 16.7. The highest BCUT2D eigenvalue weighted by atomic mass is 35.5. The number of carbonyl (C=O) groups excluding carboxylic acids is 1. The minimum atomic E-state index is -0.590. The van der Waals surface area contributed by atoms with Gasteiger partial charge >= 0.3 is 0 Å². The van der Waals surface area contributed by atoms with Crippen LogP contribution >= 0.6 is 11.6 Å². The van der Waals surface area contributed by atoms with Gasteiger partial charge in [-0.3, -0.25) is 4.79 Å². The van der Waals surface area contributed by atoms with Crippen molar-refractivity contribution >= 4 is 34.2 Å². The van der Waals surface area contributed by atoms with Crippen molar-refractivity contribution in [1.82, 2.24) is 14.5 Å². The Hall–Kier alpha value is -2.48. The zero-order chi connectivity index (χ0) is 19.9. The molecule has 0 spiro atoms. The summed E-state index contributed by atoms with van der Waals surface area (Å²) < 4.78 is 13.3. The van der Waals surface area contributed by atoms with Crippen molar-refractivity contribution < 1.29 is 14.3 Å². The van der Waals surface area contributed by atoms with Crippen LogP contribution in [0.15, 0.2) is 30.6 Å². The van der Waals surface area contributed by atoms with Crippen molar-refractivity contribution in [1.29, 1.82) is 0 Å². The van der Waals surface area contributed by atoms with Crippen molar-refractivity contribution in [3.63, 3.8) is 0 Å². The number of rotatable bonds is 4. The fraction of sp³-hybridized carbons (Fsp3) is 0.350. The first-order chi connectivity index (χ1) is 13.4. The van der Waals surface area contributed by atoms with Crippen molar-refractivity contribution in [3.8, 4) is 11.3 Å². The smallest absolute Gasteiger partial charge is 0.222 e. The average molecular weight is 401 g/mol. The molecular formula is C20H21ClN4O3. The van der Waals surface area contributed by atoms with Gasteiger partial charge in [0.15, 0.2) is 0 Å². The molecule has 1 unspecified atom stereocenters. The van der Waals surface area contributed by atoms with Gasteiger partial charge in [-0.2, -0.15) is 0 Å². The van der Waals surface area contributed by atoms with Crippen LogP contribution in [0.3, 0.4) is 0 Å². The van der Waals surface area contributed by atoms with Gasteiger partial charge in [-0.05, 0) is 18.2 Å². The van der Waals surface area contributed by atoms with Gasteiger partial charge in [-0.25, -0.2) is 9.97 Å². The number of nitrogens with one attached hydrogen (secondary N) is 1. The maximum absolute atomic E-state index is 11.4. The van der Waals surface area contributed by atoms with Gasteiger partial charge in [0.2, 0.25) is 5.91 Å². The molecule has 28 heavy (non-hydrogen) atoms. The van der Waals surface area contributed by atoms with E-state index in [1.54, 1.807) is 13.3 Å². The number of fused-ring (bicyclic) bond motifs is 1. The Morgan fingerprint density at radius 2 is 2.21 bits per heavy atom. The average Bonchev–Trinajstić information content (AvgIpc) is 3.26. The van der Waals surface area contributed by atoms with Crippen molar-refractivity contribution in [3.05, 3.63) is 41.3 Å². The maximum atomic E-state index is 11.4. The second-order valence-corrected chi connectivity index (χ2v) is 7.41. The highest BCUT2D eigenvalue weighted by Crippen LogP contribution is 2.37. The molecule has 1 saturated heterocycles. The molecule has 4 rings (SSSR count). The van der Waals surface area contributed by atoms with Crippen LogP contribution in [-0.2, 0) is 26.9 Å². The monoisotopic (exact) mass is 400 g/mol. The highest BCUT2D eigenvalue weighted by Gasteiger charge is 2.38. The van der Waals surface area contributed by atoms with Gasteiger partial charge in [-0.15, -0.1) is 0 Å². The van der Waals surface area contributed by atoms with Crippen LogP contribution < -0.4 is 5.32 Å². The minimum absolute atomic E-state index is 0.171.